The third kappa shape index (κ3) is 5.34. The van der Waals surface area contributed by atoms with E-state index in [0.717, 1.165) is 11.8 Å². The topological polar surface area (TPSA) is 12.0 Å². The van der Waals surface area contributed by atoms with E-state index in [9.17, 15) is 0 Å². The summed E-state index contributed by atoms with van der Waals surface area (Å²) >= 11 is 0. The lowest BCUT2D eigenvalue weighted by Crippen LogP contribution is -2.18. The van der Waals surface area contributed by atoms with Gasteiger partial charge in [-0.05, 0) is 31.3 Å². The normalized spacial score (nSPS) is 22.5. The average Bonchev–Trinajstić information content (AvgIpc) is 2.82. The van der Waals surface area contributed by atoms with E-state index in [4.69, 9.17) is 0 Å². The van der Waals surface area contributed by atoms with Crippen LogP contribution in [0.25, 0.3) is 0 Å². The zero-order valence-corrected chi connectivity index (χ0v) is 11.4. The second kappa shape index (κ2) is 9.04. The molecule has 0 saturated carbocycles. The molecule has 0 spiro atoms. The van der Waals surface area contributed by atoms with Gasteiger partial charge in [-0.3, -0.25) is 0 Å². The van der Waals surface area contributed by atoms with Crippen LogP contribution in [-0.2, 0) is 0 Å². The lowest BCUT2D eigenvalue weighted by Gasteiger charge is -2.22. The summed E-state index contributed by atoms with van der Waals surface area (Å²) in [6, 6.07) is 0. The Morgan fingerprint density at radius 1 is 1.00 bits per heavy atom. The quantitative estimate of drug-likeness (QED) is 0.574. The van der Waals surface area contributed by atoms with Gasteiger partial charge in [-0.25, -0.2) is 0 Å². The highest BCUT2D eigenvalue weighted by atomic mass is 14.9. The van der Waals surface area contributed by atoms with Gasteiger partial charge in [0.25, 0.3) is 0 Å². The number of unbranched alkanes of at least 4 members (excludes halogenated alkanes) is 4. The van der Waals surface area contributed by atoms with Gasteiger partial charge in [0.15, 0.2) is 0 Å². The molecule has 1 heteroatoms. The minimum atomic E-state index is 0.994. The maximum Gasteiger partial charge on any atom is -0.00174 e. The molecule has 1 heterocycles. The molecule has 0 aromatic carbocycles. The molecule has 2 atom stereocenters. The fraction of sp³-hybridized carbons (Fsp3) is 1.00. The summed E-state index contributed by atoms with van der Waals surface area (Å²) < 4.78 is 0. The Kier molecular flexibility index (Phi) is 7.92. The van der Waals surface area contributed by atoms with Crippen LogP contribution in [0.4, 0.5) is 0 Å². The van der Waals surface area contributed by atoms with Crippen LogP contribution in [0.5, 0.6) is 0 Å². The SMILES string of the molecule is CCCCCCC(CCCC)C1CCNC1. The van der Waals surface area contributed by atoms with Crippen molar-refractivity contribution in [3.05, 3.63) is 0 Å². The van der Waals surface area contributed by atoms with Gasteiger partial charge in [0.2, 0.25) is 0 Å². The summed E-state index contributed by atoms with van der Waals surface area (Å²) in [6.45, 7) is 7.18. The Morgan fingerprint density at radius 3 is 2.38 bits per heavy atom. The smallest absolute Gasteiger partial charge is 0.00174 e. The molecule has 2 unspecified atom stereocenters. The summed E-state index contributed by atoms with van der Waals surface area (Å²) in [5, 5.41) is 3.53. The summed E-state index contributed by atoms with van der Waals surface area (Å²) in [6.07, 6.45) is 12.9. The van der Waals surface area contributed by atoms with Gasteiger partial charge in [-0.1, -0.05) is 65.2 Å². The van der Waals surface area contributed by atoms with Gasteiger partial charge in [-0.15, -0.1) is 0 Å². The van der Waals surface area contributed by atoms with Crippen molar-refractivity contribution in [3.8, 4) is 0 Å². The zero-order chi connectivity index (χ0) is 11.6. The molecule has 0 aromatic heterocycles. The lowest BCUT2D eigenvalue weighted by molar-refractivity contribution is 0.297. The van der Waals surface area contributed by atoms with Gasteiger partial charge < -0.3 is 5.32 Å². The largest absolute Gasteiger partial charge is 0.316 e. The van der Waals surface area contributed by atoms with Crippen molar-refractivity contribution >= 4 is 0 Å². The third-order valence-corrected chi connectivity index (χ3v) is 4.12. The Hall–Kier alpha value is -0.0400. The van der Waals surface area contributed by atoms with E-state index in [1.54, 1.807) is 0 Å². The van der Waals surface area contributed by atoms with E-state index in [-0.39, 0.29) is 0 Å². The van der Waals surface area contributed by atoms with Crippen molar-refractivity contribution in [2.24, 2.45) is 11.8 Å². The number of nitrogens with one attached hydrogen (secondary N) is 1. The van der Waals surface area contributed by atoms with Gasteiger partial charge in [0.1, 0.15) is 0 Å². The maximum absolute atomic E-state index is 3.53. The first-order chi connectivity index (χ1) is 7.88. The van der Waals surface area contributed by atoms with E-state index in [1.165, 1.54) is 70.9 Å². The Labute approximate surface area is 102 Å². The molecule has 1 aliphatic rings. The molecular weight excluding hydrogens is 194 g/mol. The van der Waals surface area contributed by atoms with E-state index in [2.05, 4.69) is 19.2 Å². The molecule has 0 aromatic rings. The molecule has 0 aliphatic carbocycles. The molecule has 1 rings (SSSR count). The highest BCUT2D eigenvalue weighted by molar-refractivity contribution is 4.78. The van der Waals surface area contributed by atoms with Crippen LogP contribution in [0, 0.1) is 11.8 Å². The van der Waals surface area contributed by atoms with Crippen LogP contribution in [0.3, 0.4) is 0 Å². The minimum absolute atomic E-state index is 0.994. The summed E-state index contributed by atoms with van der Waals surface area (Å²) in [5.41, 5.74) is 0. The molecule has 0 radical (unpaired) electrons. The van der Waals surface area contributed by atoms with Crippen LogP contribution < -0.4 is 5.32 Å². The lowest BCUT2D eigenvalue weighted by atomic mass is 9.83. The Balaban J connectivity index is 2.19. The van der Waals surface area contributed by atoms with E-state index in [0.29, 0.717) is 0 Å². The monoisotopic (exact) mass is 225 g/mol. The highest BCUT2D eigenvalue weighted by Crippen LogP contribution is 2.28. The number of hydrogen-bond donors (Lipinski definition) is 1. The third-order valence-electron chi connectivity index (χ3n) is 4.12. The van der Waals surface area contributed by atoms with Crippen molar-refractivity contribution < 1.29 is 0 Å². The minimum Gasteiger partial charge on any atom is -0.316 e. The first-order valence-electron chi connectivity index (χ1n) is 7.59. The molecule has 0 amide bonds. The molecule has 1 fully saturated rings. The Morgan fingerprint density at radius 2 is 1.75 bits per heavy atom. The predicted molar refractivity (Wildman–Crippen MR) is 72.8 cm³/mol. The van der Waals surface area contributed by atoms with Crippen molar-refractivity contribution in [1.29, 1.82) is 0 Å². The van der Waals surface area contributed by atoms with Crippen molar-refractivity contribution in [3.63, 3.8) is 0 Å². The van der Waals surface area contributed by atoms with E-state index < -0.39 is 0 Å². The summed E-state index contributed by atoms with van der Waals surface area (Å²) in [5.74, 6) is 2.01. The van der Waals surface area contributed by atoms with Gasteiger partial charge in [-0.2, -0.15) is 0 Å². The first kappa shape index (κ1) is 14.0. The molecule has 1 N–H and O–H groups in total. The van der Waals surface area contributed by atoms with Crippen LogP contribution in [-0.4, -0.2) is 13.1 Å². The van der Waals surface area contributed by atoms with Crippen molar-refractivity contribution in [1.82, 2.24) is 5.32 Å². The molecule has 1 aliphatic heterocycles. The molecule has 1 saturated heterocycles. The molecule has 16 heavy (non-hydrogen) atoms. The van der Waals surface area contributed by atoms with Crippen molar-refractivity contribution in [2.75, 3.05) is 13.1 Å². The molecule has 96 valence electrons. The second-order valence-corrected chi connectivity index (χ2v) is 5.50. The zero-order valence-electron chi connectivity index (χ0n) is 11.4. The standard InChI is InChI=1S/C15H31N/c1-3-5-7-8-10-14(9-6-4-2)15-11-12-16-13-15/h14-16H,3-13H2,1-2H3. The summed E-state index contributed by atoms with van der Waals surface area (Å²) in [7, 11) is 0. The highest BCUT2D eigenvalue weighted by Gasteiger charge is 2.23. The first-order valence-corrected chi connectivity index (χ1v) is 7.59. The Bertz CT molecular complexity index is 150. The van der Waals surface area contributed by atoms with Gasteiger partial charge in [0.05, 0.1) is 0 Å². The van der Waals surface area contributed by atoms with Crippen LogP contribution in [0.2, 0.25) is 0 Å². The predicted octanol–water partition coefficient (Wildman–Crippen LogP) is 4.37. The van der Waals surface area contributed by atoms with Crippen LogP contribution in [0.15, 0.2) is 0 Å². The van der Waals surface area contributed by atoms with Gasteiger partial charge in [0, 0.05) is 0 Å². The fourth-order valence-electron chi connectivity index (χ4n) is 2.99. The number of hydrogen-bond acceptors (Lipinski definition) is 1. The van der Waals surface area contributed by atoms with Gasteiger partial charge >= 0.3 is 0 Å². The van der Waals surface area contributed by atoms with E-state index in [1.807, 2.05) is 0 Å². The van der Waals surface area contributed by atoms with Crippen LogP contribution >= 0.6 is 0 Å². The van der Waals surface area contributed by atoms with Crippen molar-refractivity contribution in [2.45, 2.75) is 71.6 Å². The number of rotatable bonds is 9. The molecule has 0 bridgehead atoms. The average molecular weight is 225 g/mol. The molecule has 1 nitrogen and oxygen atoms in total. The van der Waals surface area contributed by atoms with Crippen LogP contribution in [0.1, 0.15) is 71.6 Å². The molecular formula is C15H31N. The summed E-state index contributed by atoms with van der Waals surface area (Å²) in [4.78, 5) is 0. The maximum atomic E-state index is 3.53. The second-order valence-electron chi connectivity index (χ2n) is 5.50. The fourth-order valence-corrected chi connectivity index (χ4v) is 2.99. The van der Waals surface area contributed by atoms with E-state index >= 15 is 0 Å².